The number of ether oxygens (including phenoxy) is 1. The van der Waals surface area contributed by atoms with Gasteiger partial charge in [0.2, 0.25) is 0 Å². The number of fused-ring (bicyclic) bond motifs is 2. The molecule has 0 unspecified atom stereocenters. The molecule has 1 aliphatic heterocycles. The molecule has 2 N–H and O–H groups in total. The molecule has 1 heterocycles. The van der Waals surface area contributed by atoms with Gasteiger partial charge in [-0.3, -0.25) is 4.79 Å². The zero-order valence-electron chi connectivity index (χ0n) is 16.0. The van der Waals surface area contributed by atoms with E-state index in [1.165, 1.54) is 17.7 Å². The van der Waals surface area contributed by atoms with Crippen LogP contribution in [-0.2, 0) is 16.1 Å². The summed E-state index contributed by atoms with van der Waals surface area (Å²) in [6.07, 6.45) is 4.27. The monoisotopic (exact) mass is 373 g/mol. The maximum absolute atomic E-state index is 13.0. The topological polar surface area (TPSA) is 58.6 Å². The lowest BCUT2D eigenvalue weighted by Gasteiger charge is -2.51. The molecule has 0 radical (unpaired) electrons. The number of aliphatic hydroxyl groups excluding tert-OH is 1. The Hall–Kier alpha value is -1.72. The summed E-state index contributed by atoms with van der Waals surface area (Å²) in [4.78, 5) is 12.5. The predicted octanol–water partition coefficient (Wildman–Crippen LogP) is 3.20. The van der Waals surface area contributed by atoms with Crippen molar-refractivity contribution >= 4 is 5.97 Å². The van der Waals surface area contributed by atoms with Gasteiger partial charge < -0.3 is 15.2 Å². The molecule has 27 heavy (non-hydrogen) atoms. The van der Waals surface area contributed by atoms with Crippen molar-refractivity contribution < 1.29 is 19.0 Å². The van der Waals surface area contributed by atoms with E-state index in [1.54, 1.807) is 12.1 Å². The first-order chi connectivity index (χ1) is 12.9. The average molecular weight is 373 g/mol. The van der Waals surface area contributed by atoms with Crippen molar-refractivity contribution in [3.8, 4) is 0 Å². The Morgan fingerprint density at radius 2 is 2.07 bits per heavy atom. The maximum Gasteiger partial charge on any atom is 0.311 e. The van der Waals surface area contributed by atoms with Gasteiger partial charge >= 0.3 is 5.97 Å². The highest BCUT2D eigenvalue weighted by Crippen LogP contribution is 2.55. The second-order valence-corrected chi connectivity index (χ2v) is 8.56. The van der Waals surface area contributed by atoms with Crippen LogP contribution >= 0.6 is 0 Å². The predicted molar refractivity (Wildman–Crippen MR) is 100 cm³/mol. The third kappa shape index (κ3) is 3.11. The van der Waals surface area contributed by atoms with E-state index in [9.17, 15) is 14.3 Å². The number of benzene rings is 1. The van der Waals surface area contributed by atoms with Crippen molar-refractivity contribution in [2.24, 2.45) is 23.2 Å². The standard InChI is InChI=1S/C22H28FNO3/c1-13-4-3-5-15-10-18-19(20(25)22(13,15)2)17(21(26)27-18)12-24-11-14-6-8-16(23)9-7-14/h5-9,13,17-20,24-25H,3-4,10-12H2,1-2H3/t13-,17-,18+,19+,20-,22+/m0/s1. The number of rotatable bonds is 4. The number of halogens is 1. The number of carbonyl (C=O) groups is 1. The molecule has 0 spiro atoms. The van der Waals surface area contributed by atoms with Gasteiger partial charge in [0, 0.05) is 30.8 Å². The zero-order chi connectivity index (χ0) is 19.2. The molecule has 1 aromatic rings. The molecule has 1 aromatic carbocycles. The van der Waals surface area contributed by atoms with Gasteiger partial charge in [0.1, 0.15) is 11.9 Å². The van der Waals surface area contributed by atoms with Crippen LogP contribution in [0.25, 0.3) is 0 Å². The van der Waals surface area contributed by atoms with Crippen molar-refractivity contribution in [3.05, 3.63) is 47.3 Å². The molecule has 146 valence electrons. The lowest BCUT2D eigenvalue weighted by molar-refractivity contribution is -0.144. The quantitative estimate of drug-likeness (QED) is 0.629. The van der Waals surface area contributed by atoms with Crippen LogP contribution in [0.4, 0.5) is 4.39 Å². The minimum absolute atomic E-state index is 0.180. The SMILES string of the molecule is C[C@H]1CCC=C2C[C@H]3OC(=O)[C@@H](CNCc4ccc(F)cc4)[C@H]3[C@H](O)[C@@]21C. The van der Waals surface area contributed by atoms with Crippen LogP contribution in [0.15, 0.2) is 35.9 Å². The van der Waals surface area contributed by atoms with Gasteiger partial charge in [0.25, 0.3) is 0 Å². The Bertz CT molecular complexity index is 746. The second-order valence-electron chi connectivity index (χ2n) is 8.56. The normalized spacial score (nSPS) is 38.0. The van der Waals surface area contributed by atoms with E-state index in [0.717, 1.165) is 24.8 Å². The molecule has 0 aromatic heterocycles. The Kier molecular flexibility index (Phi) is 4.85. The fraction of sp³-hybridized carbons (Fsp3) is 0.591. The Balaban J connectivity index is 1.48. The summed E-state index contributed by atoms with van der Waals surface area (Å²) in [6.45, 7) is 5.36. The summed E-state index contributed by atoms with van der Waals surface area (Å²) < 4.78 is 18.7. The van der Waals surface area contributed by atoms with E-state index in [1.807, 2.05) is 0 Å². The summed E-state index contributed by atoms with van der Waals surface area (Å²) >= 11 is 0. The number of aliphatic hydroxyl groups is 1. The third-order valence-electron chi connectivity index (χ3n) is 7.18. The summed E-state index contributed by atoms with van der Waals surface area (Å²) in [5, 5.41) is 14.6. The number of nitrogens with one attached hydrogen (secondary N) is 1. The van der Waals surface area contributed by atoms with E-state index < -0.39 is 6.10 Å². The largest absolute Gasteiger partial charge is 0.461 e. The molecule has 2 aliphatic carbocycles. The molecular formula is C22H28FNO3. The van der Waals surface area contributed by atoms with Gasteiger partial charge in [-0.25, -0.2) is 4.39 Å². The maximum atomic E-state index is 13.0. The van der Waals surface area contributed by atoms with Gasteiger partial charge in [-0.15, -0.1) is 0 Å². The van der Waals surface area contributed by atoms with E-state index >= 15 is 0 Å². The van der Waals surface area contributed by atoms with Crippen LogP contribution in [-0.4, -0.2) is 29.8 Å². The van der Waals surface area contributed by atoms with Gasteiger partial charge in [0.05, 0.1) is 12.0 Å². The van der Waals surface area contributed by atoms with E-state index in [0.29, 0.717) is 19.0 Å². The molecule has 4 nitrogen and oxygen atoms in total. The van der Waals surface area contributed by atoms with Crippen LogP contribution in [0.1, 0.15) is 38.7 Å². The molecule has 4 rings (SSSR count). The van der Waals surface area contributed by atoms with E-state index in [4.69, 9.17) is 4.74 Å². The summed E-state index contributed by atoms with van der Waals surface area (Å²) in [6, 6.07) is 6.33. The van der Waals surface area contributed by atoms with Crippen molar-refractivity contribution in [1.29, 1.82) is 0 Å². The van der Waals surface area contributed by atoms with Crippen molar-refractivity contribution in [3.63, 3.8) is 0 Å². The number of allylic oxidation sites excluding steroid dienone is 1. The van der Waals surface area contributed by atoms with Gasteiger partial charge in [-0.2, -0.15) is 0 Å². The van der Waals surface area contributed by atoms with Gasteiger partial charge in [-0.1, -0.05) is 37.6 Å². The number of hydrogen-bond acceptors (Lipinski definition) is 4. The lowest BCUT2D eigenvalue weighted by Crippen LogP contribution is -2.54. The van der Waals surface area contributed by atoms with E-state index in [2.05, 4.69) is 25.2 Å². The highest BCUT2D eigenvalue weighted by atomic mass is 19.1. The Morgan fingerprint density at radius 1 is 1.33 bits per heavy atom. The number of carbonyl (C=O) groups excluding carboxylic acids is 1. The van der Waals surface area contributed by atoms with Crippen molar-refractivity contribution in [2.45, 2.75) is 51.9 Å². The molecule has 6 atom stereocenters. The van der Waals surface area contributed by atoms with Gasteiger partial charge in [0.15, 0.2) is 0 Å². The highest BCUT2D eigenvalue weighted by Gasteiger charge is 2.59. The van der Waals surface area contributed by atoms with Gasteiger partial charge in [-0.05, 0) is 36.5 Å². The van der Waals surface area contributed by atoms with E-state index in [-0.39, 0.29) is 35.1 Å². The minimum atomic E-state index is -0.582. The third-order valence-corrected chi connectivity index (χ3v) is 7.18. The summed E-state index contributed by atoms with van der Waals surface area (Å²) in [5.41, 5.74) is 1.94. The van der Waals surface area contributed by atoms with Crippen LogP contribution in [0.2, 0.25) is 0 Å². The Labute approximate surface area is 159 Å². The van der Waals surface area contributed by atoms with Crippen LogP contribution < -0.4 is 5.32 Å². The molecule has 2 fully saturated rings. The lowest BCUT2D eigenvalue weighted by atomic mass is 9.55. The molecule has 1 saturated carbocycles. The first-order valence-corrected chi connectivity index (χ1v) is 9.94. The summed E-state index contributed by atoms with van der Waals surface area (Å²) in [7, 11) is 0. The highest BCUT2D eigenvalue weighted by molar-refractivity contribution is 5.76. The number of hydrogen-bond donors (Lipinski definition) is 2. The fourth-order valence-electron chi connectivity index (χ4n) is 5.27. The average Bonchev–Trinajstić information content (AvgIpc) is 2.95. The minimum Gasteiger partial charge on any atom is -0.461 e. The molecule has 1 saturated heterocycles. The molecule has 5 heteroatoms. The van der Waals surface area contributed by atoms with Crippen LogP contribution in [0, 0.1) is 29.0 Å². The number of esters is 1. The summed E-state index contributed by atoms with van der Waals surface area (Å²) in [5.74, 6) is -0.619. The second kappa shape index (κ2) is 7.02. The Morgan fingerprint density at radius 3 is 2.81 bits per heavy atom. The van der Waals surface area contributed by atoms with Crippen LogP contribution in [0.3, 0.4) is 0 Å². The molecule has 3 aliphatic rings. The molecule has 0 bridgehead atoms. The smallest absolute Gasteiger partial charge is 0.311 e. The van der Waals surface area contributed by atoms with Crippen molar-refractivity contribution in [1.82, 2.24) is 5.32 Å². The zero-order valence-corrected chi connectivity index (χ0v) is 16.0. The molecule has 0 amide bonds. The first-order valence-electron chi connectivity index (χ1n) is 9.94. The molecular weight excluding hydrogens is 345 g/mol. The van der Waals surface area contributed by atoms with Crippen molar-refractivity contribution in [2.75, 3.05) is 6.54 Å². The first kappa shape index (κ1) is 18.6. The van der Waals surface area contributed by atoms with Crippen LogP contribution in [0.5, 0.6) is 0 Å². The fourth-order valence-corrected chi connectivity index (χ4v) is 5.27.